The second kappa shape index (κ2) is 5.93. The average Bonchev–Trinajstić information content (AvgIpc) is 3.06. The second-order valence-electron chi connectivity index (χ2n) is 5.95. The quantitative estimate of drug-likeness (QED) is 0.631. The van der Waals surface area contributed by atoms with Gasteiger partial charge in [-0.1, -0.05) is 44.2 Å². The van der Waals surface area contributed by atoms with Gasteiger partial charge in [0.05, 0.1) is 19.3 Å². The Morgan fingerprint density at radius 2 is 2.09 bits per heavy atom. The van der Waals surface area contributed by atoms with E-state index in [1.165, 1.54) is 0 Å². The van der Waals surface area contributed by atoms with Crippen molar-refractivity contribution in [3.8, 4) is 0 Å². The first kappa shape index (κ1) is 14.8. The fourth-order valence-corrected chi connectivity index (χ4v) is 2.66. The zero-order valence-corrected chi connectivity index (χ0v) is 12.7. The van der Waals surface area contributed by atoms with Crippen molar-refractivity contribution in [1.29, 1.82) is 0 Å². The molecule has 1 aromatic rings. The van der Waals surface area contributed by atoms with Crippen molar-refractivity contribution >= 4 is 11.9 Å². The maximum absolute atomic E-state index is 12.5. The molecule has 1 saturated heterocycles. The number of amides is 1. The van der Waals surface area contributed by atoms with Crippen LogP contribution in [-0.4, -0.2) is 36.0 Å². The van der Waals surface area contributed by atoms with Crippen molar-refractivity contribution in [2.24, 2.45) is 5.92 Å². The van der Waals surface area contributed by atoms with Gasteiger partial charge in [-0.05, 0) is 12.0 Å². The lowest BCUT2D eigenvalue weighted by Gasteiger charge is -2.23. The molecule has 1 fully saturated rings. The van der Waals surface area contributed by atoms with E-state index >= 15 is 0 Å². The first-order chi connectivity index (χ1) is 10.6. The van der Waals surface area contributed by atoms with E-state index in [9.17, 15) is 9.59 Å². The molecule has 5 nitrogen and oxygen atoms in total. The Morgan fingerprint density at radius 3 is 2.77 bits per heavy atom. The van der Waals surface area contributed by atoms with E-state index in [-0.39, 0.29) is 23.4 Å². The Kier molecular flexibility index (Phi) is 3.98. The largest absolute Gasteiger partial charge is 0.462 e. The van der Waals surface area contributed by atoms with Crippen LogP contribution in [0, 0.1) is 5.92 Å². The highest BCUT2D eigenvalue weighted by Gasteiger charge is 2.45. The van der Waals surface area contributed by atoms with Crippen LogP contribution >= 0.6 is 0 Å². The van der Waals surface area contributed by atoms with E-state index in [1.54, 1.807) is 11.0 Å². The Morgan fingerprint density at radius 1 is 1.36 bits per heavy atom. The van der Waals surface area contributed by atoms with Crippen LogP contribution in [0.5, 0.6) is 0 Å². The smallest absolute Gasteiger partial charge is 0.343 e. The maximum Gasteiger partial charge on any atom is 0.343 e. The highest BCUT2D eigenvalue weighted by atomic mass is 16.5. The summed E-state index contributed by atoms with van der Waals surface area (Å²) in [6.07, 6.45) is 1.22. The minimum atomic E-state index is -0.542. The molecule has 3 rings (SSSR count). The third-order valence-corrected chi connectivity index (χ3v) is 3.71. The summed E-state index contributed by atoms with van der Waals surface area (Å²) in [4.78, 5) is 26.2. The van der Waals surface area contributed by atoms with Gasteiger partial charge in [0.25, 0.3) is 5.91 Å². The van der Waals surface area contributed by atoms with Crippen LogP contribution < -0.4 is 0 Å². The number of carbonyl (C=O) groups excluding carboxylic acids is 2. The Balaban J connectivity index is 1.75. The number of carbonyl (C=O) groups is 2. The predicted molar refractivity (Wildman–Crippen MR) is 79.6 cm³/mol. The normalized spacial score (nSPS) is 23.7. The molecular weight excluding hydrogens is 282 g/mol. The Bertz CT molecular complexity index is 608. The number of hydrogen-bond donors (Lipinski definition) is 0. The second-order valence-corrected chi connectivity index (χ2v) is 5.95. The highest BCUT2D eigenvalue weighted by molar-refractivity contribution is 6.18. The minimum absolute atomic E-state index is 0.120. The monoisotopic (exact) mass is 301 g/mol. The molecule has 0 aromatic heterocycles. The van der Waals surface area contributed by atoms with Crippen molar-refractivity contribution < 1.29 is 19.1 Å². The van der Waals surface area contributed by atoms with Gasteiger partial charge >= 0.3 is 5.97 Å². The summed E-state index contributed by atoms with van der Waals surface area (Å²) < 4.78 is 10.9. The molecule has 0 spiro atoms. The number of rotatable bonds is 4. The van der Waals surface area contributed by atoms with E-state index in [1.807, 2.05) is 44.2 Å². The number of fused-ring (bicyclic) bond motifs is 1. The van der Waals surface area contributed by atoms with Crippen LogP contribution in [0.1, 0.15) is 25.6 Å². The van der Waals surface area contributed by atoms with Gasteiger partial charge in [0.1, 0.15) is 5.57 Å². The van der Waals surface area contributed by atoms with Gasteiger partial charge in [-0.3, -0.25) is 9.69 Å². The molecule has 1 aromatic carbocycles. The first-order valence-corrected chi connectivity index (χ1v) is 7.46. The number of ether oxygens (including phenoxy) is 2. The Hall–Kier alpha value is -2.14. The van der Waals surface area contributed by atoms with Gasteiger partial charge in [-0.2, -0.15) is 0 Å². The average molecular weight is 301 g/mol. The number of esters is 1. The van der Waals surface area contributed by atoms with Crippen molar-refractivity contribution in [3.05, 3.63) is 47.5 Å². The van der Waals surface area contributed by atoms with E-state index in [4.69, 9.17) is 9.47 Å². The first-order valence-electron chi connectivity index (χ1n) is 7.46. The predicted octanol–water partition coefficient (Wildman–Crippen LogP) is 2.05. The fraction of sp³-hybridized carbons (Fsp3) is 0.412. The summed E-state index contributed by atoms with van der Waals surface area (Å²) in [6, 6.07) is 9.34. The lowest BCUT2D eigenvalue weighted by atomic mass is 10.2. The minimum Gasteiger partial charge on any atom is -0.462 e. The zero-order valence-electron chi connectivity index (χ0n) is 12.7. The van der Waals surface area contributed by atoms with Crippen LogP contribution in [-0.2, 0) is 19.1 Å². The number of hydrogen-bond acceptors (Lipinski definition) is 4. The van der Waals surface area contributed by atoms with Crippen molar-refractivity contribution in [2.75, 3.05) is 13.2 Å². The molecule has 2 atom stereocenters. The van der Waals surface area contributed by atoms with Gasteiger partial charge in [0.2, 0.25) is 0 Å². The lowest BCUT2D eigenvalue weighted by molar-refractivity contribution is -0.144. The van der Waals surface area contributed by atoms with E-state index in [0.717, 1.165) is 5.56 Å². The van der Waals surface area contributed by atoms with E-state index in [0.29, 0.717) is 13.2 Å². The molecular formula is C17H19NO4. The number of benzene rings is 1. The van der Waals surface area contributed by atoms with Crippen LogP contribution in [0.4, 0.5) is 0 Å². The summed E-state index contributed by atoms with van der Waals surface area (Å²) in [5.41, 5.74) is 1.03. The third kappa shape index (κ3) is 2.64. The third-order valence-electron chi connectivity index (χ3n) is 3.71. The molecule has 0 radical (unpaired) electrons. The molecule has 22 heavy (non-hydrogen) atoms. The summed E-state index contributed by atoms with van der Waals surface area (Å²) in [5, 5.41) is 0. The van der Waals surface area contributed by atoms with Crippen molar-refractivity contribution in [3.63, 3.8) is 0 Å². The van der Waals surface area contributed by atoms with Crippen LogP contribution in [0.2, 0.25) is 0 Å². The van der Waals surface area contributed by atoms with Crippen LogP contribution in [0.25, 0.3) is 0 Å². The van der Waals surface area contributed by atoms with Gasteiger partial charge in [0.15, 0.2) is 6.23 Å². The van der Waals surface area contributed by atoms with Gasteiger partial charge in [-0.15, -0.1) is 0 Å². The lowest BCUT2D eigenvalue weighted by Crippen LogP contribution is -2.33. The molecule has 0 aliphatic carbocycles. The molecule has 1 amide bonds. The zero-order chi connectivity index (χ0) is 15.7. The van der Waals surface area contributed by atoms with Gasteiger partial charge < -0.3 is 9.47 Å². The molecule has 0 N–H and O–H groups in total. The molecule has 116 valence electrons. The molecule has 2 aliphatic rings. The van der Waals surface area contributed by atoms with Gasteiger partial charge in [-0.25, -0.2) is 4.79 Å². The summed E-state index contributed by atoms with van der Waals surface area (Å²) in [7, 11) is 0. The summed E-state index contributed by atoms with van der Waals surface area (Å²) >= 11 is 0. The highest BCUT2D eigenvalue weighted by Crippen LogP contribution is 2.36. The molecule has 0 bridgehead atoms. The van der Waals surface area contributed by atoms with Crippen LogP contribution in [0.3, 0.4) is 0 Å². The molecule has 2 aliphatic heterocycles. The number of nitrogens with zero attached hydrogens (tertiary/aromatic N) is 1. The SMILES string of the molecule is CC(C)COC(=O)C1=C[C@H]2CO[C@H](c3ccccc3)N2C1=O. The summed E-state index contributed by atoms with van der Waals surface area (Å²) in [5.74, 6) is -0.619. The summed E-state index contributed by atoms with van der Waals surface area (Å²) in [6.45, 7) is 4.62. The van der Waals surface area contributed by atoms with E-state index in [2.05, 4.69) is 0 Å². The molecule has 5 heteroatoms. The van der Waals surface area contributed by atoms with E-state index < -0.39 is 12.2 Å². The standard InChI is InChI=1S/C17H19NO4/c1-11(2)9-22-17(20)14-8-13-10-21-16(18(13)15(14)19)12-6-4-3-5-7-12/h3-8,11,13,16H,9-10H2,1-2H3/t13-,16+/m0/s1. The maximum atomic E-state index is 12.5. The Labute approximate surface area is 129 Å². The van der Waals surface area contributed by atoms with Crippen molar-refractivity contribution in [1.82, 2.24) is 4.90 Å². The van der Waals surface area contributed by atoms with Crippen LogP contribution in [0.15, 0.2) is 42.0 Å². The molecule has 0 unspecified atom stereocenters. The molecule has 2 heterocycles. The fourth-order valence-electron chi connectivity index (χ4n) is 2.66. The van der Waals surface area contributed by atoms with Crippen molar-refractivity contribution in [2.45, 2.75) is 26.1 Å². The molecule has 0 saturated carbocycles. The van der Waals surface area contributed by atoms with Gasteiger partial charge in [0, 0.05) is 5.56 Å². The topological polar surface area (TPSA) is 55.8 Å².